The van der Waals surface area contributed by atoms with Crippen molar-refractivity contribution in [3.63, 3.8) is 0 Å². The second kappa shape index (κ2) is 10.7. The molecule has 8 aromatic carbocycles. The van der Waals surface area contributed by atoms with Crippen LogP contribution in [-0.2, 0) is 5.41 Å². The largest absolute Gasteiger partial charge is 0.455 e. The summed E-state index contributed by atoms with van der Waals surface area (Å²) < 4.78 is 6.43. The molecular formula is C49H32N2O. The van der Waals surface area contributed by atoms with Crippen molar-refractivity contribution < 1.29 is 4.42 Å². The van der Waals surface area contributed by atoms with Crippen molar-refractivity contribution in [1.29, 1.82) is 0 Å². The molecule has 3 heteroatoms. The van der Waals surface area contributed by atoms with Gasteiger partial charge in [0.15, 0.2) is 0 Å². The fraction of sp³-hybridized carbons (Fsp3) is 0.0612. The number of para-hydroxylation sites is 2. The number of rotatable bonds is 3. The Kier molecular flexibility index (Phi) is 6.01. The van der Waals surface area contributed by atoms with Crippen LogP contribution in [0.4, 0.5) is 0 Å². The maximum absolute atomic E-state index is 6.43. The summed E-state index contributed by atoms with van der Waals surface area (Å²) in [5, 5.41) is 6.96. The summed E-state index contributed by atoms with van der Waals surface area (Å²) in [4.78, 5) is 9.55. The zero-order chi connectivity index (χ0) is 34.6. The SMILES string of the molecule is CC1(C)c2cc(-c3cccc(-c4ccc5c6ccccc6c6nccnc6c5c4)c3)ccc2-c2ccc(-c3cccc4c3oc3ccccc34)cc21. The molecule has 11 rings (SSSR count). The topological polar surface area (TPSA) is 38.9 Å². The maximum Gasteiger partial charge on any atom is 0.143 e. The molecule has 0 amide bonds. The van der Waals surface area contributed by atoms with Crippen molar-refractivity contribution >= 4 is 54.5 Å². The van der Waals surface area contributed by atoms with E-state index in [-0.39, 0.29) is 5.41 Å². The first kappa shape index (κ1) is 29.2. The first-order chi connectivity index (χ1) is 25.5. The van der Waals surface area contributed by atoms with Gasteiger partial charge >= 0.3 is 0 Å². The van der Waals surface area contributed by atoms with Crippen LogP contribution >= 0.6 is 0 Å². The zero-order valence-corrected chi connectivity index (χ0v) is 28.8. The first-order valence-corrected chi connectivity index (χ1v) is 17.9. The van der Waals surface area contributed by atoms with Crippen molar-refractivity contribution in [3.05, 3.63) is 169 Å². The minimum atomic E-state index is -0.167. The lowest BCUT2D eigenvalue weighted by Crippen LogP contribution is -2.15. The summed E-state index contributed by atoms with van der Waals surface area (Å²) in [6.07, 6.45) is 3.57. The molecule has 2 heterocycles. The molecule has 0 atom stereocenters. The van der Waals surface area contributed by atoms with Crippen LogP contribution in [0.15, 0.2) is 162 Å². The fourth-order valence-electron chi connectivity index (χ4n) is 8.75. The molecule has 3 nitrogen and oxygen atoms in total. The van der Waals surface area contributed by atoms with E-state index in [0.717, 1.165) is 54.9 Å². The van der Waals surface area contributed by atoms with E-state index < -0.39 is 0 Å². The molecule has 0 saturated carbocycles. The Morgan fingerprint density at radius 2 is 0.962 bits per heavy atom. The number of fused-ring (bicyclic) bond motifs is 12. The molecular weight excluding hydrogens is 633 g/mol. The standard InChI is InChI=1S/C49H32N2O/c1-49(2)43-27-32(18-21-37(43)38-22-19-33(28-44(38)49)34-14-8-15-41-39-12-5-6-16-45(39)52-48(34)41)30-10-7-9-29(25-30)31-17-20-36-35-11-3-4-13-40(35)46-47(42(36)26-31)51-24-23-50-46/h3-28H,1-2H3. The number of furan rings is 1. The van der Waals surface area contributed by atoms with Gasteiger partial charge in [-0.2, -0.15) is 0 Å². The molecule has 0 radical (unpaired) electrons. The Hall–Kier alpha value is -6.58. The van der Waals surface area contributed by atoms with Crippen LogP contribution < -0.4 is 0 Å². The summed E-state index contributed by atoms with van der Waals surface area (Å²) in [7, 11) is 0. The average molecular weight is 665 g/mol. The highest BCUT2D eigenvalue weighted by molar-refractivity contribution is 6.23. The predicted molar refractivity (Wildman–Crippen MR) is 216 cm³/mol. The summed E-state index contributed by atoms with van der Waals surface area (Å²) >= 11 is 0. The number of nitrogens with zero attached hydrogens (tertiary/aromatic N) is 2. The van der Waals surface area contributed by atoms with E-state index in [1.807, 2.05) is 6.07 Å². The van der Waals surface area contributed by atoms with E-state index in [9.17, 15) is 0 Å². The molecule has 52 heavy (non-hydrogen) atoms. The lowest BCUT2D eigenvalue weighted by atomic mass is 9.80. The third-order valence-corrected chi connectivity index (χ3v) is 11.4. The molecule has 1 aliphatic rings. The summed E-state index contributed by atoms with van der Waals surface area (Å²) in [6.45, 7) is 4.71. The van der Waals surface area contributed by atoms with Crippen LogP contribution in [0.1, 0.15) is 25.0 Å². The summed E-state index contributed by atoms with van der Waals surface area (Å²) in [5.74, 6) is 0. The Morgan fingerprint density at radius 3 is 1.75 bits per heavy atom. The van der Waals surface area contributed by atoms with Crippen molar-refractivity contribution in [2.24, 2.45) is 0 Å². The summed E-state index contributed by atoms with van der Waals surface area (Å²) in [6, 6.07) is 52.9. The van der Waals surface area contributed by atoms with Gasteiger partial charge in [-0.1, -0.05) is 129 Å². The highest BCUT2D eigenvalue weighted by atomic mass is 16.3. The van der Waals surface area contributed by atoms with Crippen molar-refractivity contribution in [1.82, 2.24) is 9.97 Å². The van der Waals surface area contributed by atoms with Crippen molar-refractivity contribution in [2.75, 3.05) is 0 Å². The van der Waals surface area contributed by atoms with Gasteiger partial charge in [-0.05, 0) is 91.2 Å². The third kappa shape index (κ3) is 4.14. The van der Waals surface area contributed by atoms with Crippen LogP contribution in [0, 0.1) is 0 Å². The third-order valence-electron chi connectivity index (χ3n) is 11.4. The minimum Gasteiger partial charge on any atom is -0.455 e. The van der Waals surface area contributed by atoms with Gasteiger partial charge in [-0.15, -0.1) is 0 Å². The molecule has 244 valence electrons. The quantitative estimate of drug-likeness (QED) is 0.176. The van der Waals surface area contributed by atoms with E-state index in [2.05, 4.69) is 153 Å². The molecule has 0 unspecified atom stereocenters. The van der Waals surface area contributed by atoms with E-state index in [0.29, 0.717) is 0 Å². The van der Waals surface area contributed by atoms with E-state index in [1.54, 1.807) is 12.4 Å². The smallest absolute Gasteiger partial charge is 0.143 e. The Morgan fingerprint density at radius 1 is 0.404 bits per heavy atom. The number of hydrogen-bond donors (Lipinski definition) is 0. The van der Waals surface area contributed by atoms with E-state index >= 15 is 0 Å². The van der Waals surface area contributed by atoms with Crippen LogP contribution in [0.3, 0.4) is 0 Å². The highest BCUT2D eigenvalue weighted by Crippen LogP contribution is 2.51. The molecule has 0 saturated heterocycles. The van der Waals surface area contributed by atoms with E-state index in [1.165, 1.54) is 55.3 Å². The number of aromatic nitrogens is 2. The van der Waals surface area contributed by atoms with Gasteiger partial charge in [0.25, 0.3) is 0 Å². The van der Waals surface area contributed by atoms with Crippen LogP contribution in [0.2, 0.25) is 0 Å². The molecule has 1 aliphatic carbocycles. The highest BCUT2D eigenvalue weighted by Gasteiger charge is 2.36. The van der Waals surface area contributed by atoms with Gasteiger partial charge in [0, 0.05) is 44.9 Å². The molecule has 0 bridgehead atoms. The first-order valence-electron chi connectivity index (χ1n) is 17.9. The van der Waals surface area contributed by atoms with Gasteiger partial charge in [0.1, 0.15) is 11.2 Å². The van der Waals surface area contributed by atoms with Gasteiger partial charge in [0.05, 0.1) is 11.0 Å². The fourth-order valence-corrected chi connectivity index (χ4v) is 8.75. The Balaban J connectivity index is 0.986. The van der Waals surface area contributed by atoms with Gasteiger partial charge < -0.3 is 4.42 Å². The number of benzene rings is 8. The molecule has 0 N–H and O–H groups in total. The van der Waals surface area contributed by atoms with Crippen molar-refractivity contribution in [3.8, 4) is 44.5 Å². The second-order valence-corrected chi connectivity index (χ2v) is 14.6. The lowest BCUT2D eigenvalue weighted by Gasteiger charge is -2.22. The Labute approximate surface area is 300 Å². The summed E-state index contributed by atoms with van der Waals surface area (Å²) in [5.41, 5.74) is 16.0. The van der Waals surface area contributed by atoms with Crippen LogP contribution in [-0.4, -0.2) is 9.97 Å². The minimum absolute atomic E-state index is 0.167. The van der Waals surface area contributed by atoms with E-state index in [4.69, 9.17) is 14.4 Å². The average Bonchev–Trinajstić information content (AvgIpc) is 3.69. The molecule has 2 aromatic heterocycles. The van der Waals surface area contributed by atoms with Crippen LogP contribution in [0.25, 0.3) is 99.0 Å². The zero-order valence-electron chi connectivity index (χ0n) is 28.8. The van der Waals surface area contributed by atoms with Gasteiger partial charge in [-0.25, -0.2) is 0 Å². The number of hydrogen-bond acceptors (Lipinski definition) is 3. The van der Waals surface area contributed by atoms with Gasteiger partial charge in [-0.3, -0.25) is 9.97 Å². The molecule has 0 aliphatic heterocycles. The predicted octanol–water partition coefficient (Wildman–Crippen LogP) is 13.1. The Bertz CT molecular complexity index is 3080. The maximum atomic E-state index is 6.43. The van der Waals surface area contributed by atoms with Crippen molar-refractivity contribution in [2.45, 2.75) is 19.3 Å². The molecule has 0 spiro atoms. The lowest BCUT2D eigenvalue weighted by molar-refractivity contribution is 0.660. The van der Waals surface area contributed by atoms with Gasteiger partial charge in [0.2, 0.25) is 0 Å². The normalized spacial score (nSPS) is 13.3. The van der Waals surface area contributed by atoms with Crippen LogP contribution in [0.5, 0.6) is 0 Å². The molecule has 0 fully saturated rings. The monoisotopic (exact) mass is 664 g/mol. The molecule has 10 aromatic rings. The second-order valence-electron chi connectivity index (χ2n) is 14.6.